The molecular weight excluding hydrogens is 239 g/mol. The maximum absolute atomic E-state index is 12.1. The lowest BCUT2D eigenvalue weighted by Gasteiger charge is -2.03. The van der Waals surface area contributed by atoms with Crippen molar-refractivity contribution in [3.63, 3.8) is 0 Å². The second-order valence-electron chi connectivity index (χ2n) is 2.78. The average molecular weight is 247 g/mol. The van der Waals surface area contributed by atoms with E-state index < -0.39 is 11.9 Å². The van der Waals surface area contributed by atoms with Crippen LogP contribution in [0.15, 0.2) is 11.4 Å². The van der Waals surface area contributed by atoms with E-state index in [0.29, 0.717) is 18.4 Å². The number of aromatic nitrogens is 3. The number of halogens is 3. The summed E-state index contributed by atoms with van der Waals surface area (Å²) in [5, 5.41) is 6.65. The topological polar surface area (TPSA) is 38.7 Å². The molecule has 0 spiro atoms. The van der Waals surface area contributed by atoms with Crippen LogP contribution in [0.25, 0.3) is 0 Å². The van der Waals surface area contributed by atoms with Gasteiger partial charge < -0.3 is 0 Å². The van der Waals surface area contributed by atoms with Gasteiger partial charge in [0.15, 0.2) is 5.69 Å². The van der Waals surface area contributed by atoms with Gasteiger partial charge in [0.1, 0.15) is 0 Å². The first-order chi connectivity index (χ1) is 7.54. The van der Waals surface area contributed by atoms with Crippen LogP contribution in [0.1, 0.15) is 18.5 Å². The number of unbranched alkanes of at least 4 members (excludes halogenated alkanes) is 1. The molecule has 1 aromatic heterocycles. The van der Waals surface area contributed by atoms with Crippen molar-refractivity contribution in [2.75, 3.05) is 5.75 Å². The van der Waals surface area contributed by atoms with Crippen LogP contribution in [-0.2, 0) is 6.18 Å². The van der Waals surface area contributed by atoms with E-state index in [9.17, 15) is 13.2 Å². The van der Waals surface area contributed by atoms with Crippen LogP contribution in [0.2, 0.25) is 0 Å². The molecule has 0 bridgehead atoms. The summed E-state index contributed by atoms with van der Waals surface area (Å²) in [7, 11) is 0. The number of alkyl halides is 3. The van der Waals surface area contributed by atoms with E-state index in [2.05, 4.69) is 21.1 Å². The Kier molecular flexibility index (Phi) is 4.55. The Morgan fingerprint density at radius 3 is 2.62 bits per heavy atom. The molecule has 1 heterocycles. The molecule has 3 nitrogen and oxygen atoms in total. The molecule has 0 unspecified atom stereocenters. The molecule has 0 fully saturated rings. The van der Waals surface area contributed by atoms with Crippen molar-refractivity contribution in [2.24, 2.45) is 0 Å². The van der Waals surface area contributed by atoms with Crippen LogP contribution in [0.3, 0.4) is 0 Å². The zero-order chi connectivity index (χ0) is 12.0. The molecule has 1 rings (SSSR count). The molecular formula is C9H8F3N3S. The van der Waals surface area contributed by atoms with Crippen molar-refractivity contribution in [3.8, 4) is 12.3 Å². The smallest absolute Gasteiger partial charge is 0.227 e. The van der Waals surface area contributed by atoms with Crippen molar-refractivity contribution in [2.45, 2.75) is 24.2 Å². The molecule has 0 radical (unpaired) electrons. The normalized spacial score (nSPS) is 11.1. The third-order valence-electron chi connectivity index (χ3n) is 1.53. The molecule has 16 heavy (non-hydrogen) atoms. The maximum atomic E-state index is 12.1. The molecule has 86 valence electrons. The van der Waals surface area contributed by atoms with Crippen molar-refractivity contribution >= 4 is 11.8 Å². The van der Waals surface area contributed by atoms with Crippen LogP contribution in [0.4, 0.5) is 13.2 Å². The van der Waals surface area contributed by atoms with Gasteiger partial charge in [-0.1, -0.05) is 11.8 Å². The Bertz CT molecular complexity index is 369. The maximum Gasteiger partial charge on any atom is 0.436 e. The highest BCUT2D eigenvalue weighted by atomic mass is 32.2. The molecule has 0 aliphatic rings. The van der Waals surface area contributed by atoms with E-state index in [-0.39, 0.29) is 5.16 Å². The van der Waals surface area contributed by atoms with Crippen LogP contribution in [-0.4, -0.2) is 20.9 Å². The molecule has 0 atom stereocenters. The minimum atomic E-state index is -4.49. The highest BCUT2D eigenvalue weighted by Gasteiger charge is 2.33. The van der Waals surface area contributed by atoms with E-state index in [0.717, 1.165) is 6.42 Å². The molecule has 7 heteroatoms. The van der Waals surface area contributed by atoms with Gasteiger partial charge >= 0.3 is 6.18 Å². The SMILES string of the molecule is C#CCCCSc1ncc(C(F)(F)F)nn1. The fourth-order valence-corrected chi connectivity index (χ4v) is 1.50. The van der Waals surface area contributed by atoms with Crippen molar-refractivity contribution in [3.05, 3.63) is 11.9 Å². The summed E-state index contributed by atoms with van der Waals surface area (Å²) in [4.78, 5) is 3.56. The zero-order valence-electron chi connectivity index (χ0n) is 8.16. The highest BCUT2D eigenvalue weighted by molar-refractivity contribution is 7.99. The quantitative estimate of drug-likeness (QED) is 0.465. The van der Waals surface area contributed by atoms with E-state index in [4.69, 9.17) is 6.42 Å². The number of hydrogen-bond donors (Lipinski definition) is 0. The van der Waals surface area contributed by atoms with Crippen LogP contribution in [0, 0.1) is 12.3 Å². The first kappa shape index (κ1) is 12.8. The molecule has 0 saturated heterocycles. The van der Waals surface area contributed by atoms with Crippen molar-refractivity contribution in [1.29, 1.82) is 0 Å². The van der Waals surface area contributed by atoms with Gasteiger partial charge in [-0.25, -0.2) is 4.98 Å². The van der Waals surface area contributed by atoms with E-state index in [1.807, 2.05) is 0 Å². The summed E-state index contributed by atoms with van der Waals surface area (Å²) in [6.07, 6.45) is 2.63. The Morgan fingerprint density at radius 2 is 2.12 bits per heavy atom. The van der Waals surface area contributed by atoms with Gasteiger partial charge in [0.05, 0.1) is 6.20 Å². The number of terminal acetylenes is 1. The minimum absolute atomic E-state index is 0.227. The van der Waals surface area contributed by atoms with Gasteiger partial charge in [0.2, 0.25) is 5.16 Å². The van der Waals surface area contributed by atoms with Crippen molar-refractivity contribution < 1.29 is 13.2 Å². The summed E-state index contributed by atoms with van der Waals surface area (Å²) >= 11 is 1.23. The highest BCUT2D eigenvalue weighted by Crippen LogP contribution is 2.26. The Labute approximate surface area is 94.9 Å². The Balaban J connectivity index is 2.49. The van der Waals surface area contributed by atoms with Gasteiger partial charge in [-0.3, -0.25) is 0 Å². The Morgan fingerprint density at radius 1 is 1.38 bits per heavy atom. The molecule has 0 amide bonds. The molecule has 0 saturated carbocycles. The van der Waals surface area contributed by atoms with E-state index in [1.165, 1.54) is 11.8 Å². The lowest BCUT2D eigenvalue weighted by atomic mass is 10.4. The van der Waals surface area contributed by atoms with Gasteiger partial charge in [-0.05, 0) is 6.42 Å². The lowest BCUT2D eigenvalue weighted by Crippen LogP contribution is -2.10. The number of nitrogens with zero attached hydrogens (tertiary/aromatic N) is 3. The predicted octanol–water partition coefficient (Wildman–Crippen LogP) is 2.40. The molecule has 0 aromatic carbocycles. The number of hydrogen-bond acceptors (Lipinski definition) is 4. The third kappa shape index (κ3) is 4.06. The standard InChI is InChI=1S/C9H8F3N3S/c1-2-3-4-5-16-8-13-6-7(14-15-8)9(10,11)12/h1,6H,3-5H2. The average Bonchev–Trinajstić information content (AvgIpc) is 2.24. The molecule has 1 aromatic rings. The Hall–Kier alpha value is -1.29. The van der Waals surface area contributed by atoms with Crippen LogP contribution >= 0.6 is 11.8 Å². The fraction of sp³-hybridized carbons (Fsp3) is 0.444. The minimum Gasteiger partial charge on any atom is -0.227 e. The number of rotatable bonds is 4. The fourth-order valence-electron chi connectivity index (χ4n) is 0.798. The van der Waals surface area contributed by atoms with Crippen LogP contribution in [0.5, 0.6) is 0 Å². The van der Waals surface area contributed by atoms with Gasteiger partial charge in [0, 0.05) is 12.2 Å². The summed E-state index contributed by atoms with van der Waals surface area (Å²) in [6.45, 7) is 0. The second-order valence-corrected chi connectivity index (χ2v) is 3.84. The summed E-state index contributed by atoms with van der Waals surface area (Å²) in [6, 6.07) is 0. The first-order valence-corrected chi connectivity index (χ1v) is 5.36. The molecule has 0 aliphatic heterocycles. The lowest BCUT2D eigenvalue weighted by molar-refractivity contribution is -0.142. The summed E-state index contributed by atoms with van der Waals surface area (Å²) < 4.78 is 36.3. The zero-order valence-corrected chi connectivity index (χ0v) is 8.98. The van der Waals surface area contributed by atoms with Crippen LogP contribution < -0.4 is 0 Å². The van der Waals surface area contributed by atoms with Gasteiger partial charge in [-0.15, -0.1) is 22.5 Å². The largest absolute Gasteiger partial charge is 0.436 e. The molecule has 0 N–H and O–H groups in total. The third-order valence-corrected chi connectivity index (χ3v) is 2.47. The van der Waals surface area contributed by atoms with E-state index >= 15 is 0 Å². The van der Waals surface area contributed by atoms with Gasteiger partial charge in [-0.2, -0.15) is 13.2 Å². The summed E-state index contributed by atoms with van der Waals surface area (Å²) in [5.41, 5.74) is -1.08. The number of thioether (sulfide) groups is 1. The first-order valence-electron chi connectivity index (χ1n) is 4.37. The van der Waals surface area contributed by atoms with Gasteiger partial charge in [0.25, 0.3) is 0 Å². The molecule has 0 aliphatic carbocycles. The summed E-state index contributed by atoms with van der Waals surface area (Å²) in [5.74, 6) is 3.13. The monoisotopic (exact) mass is 247 g/mol. The second kappa shape index (κ2) is 5.70. The van der Waals surface area contributed by atoms with Crippen molar-refractivity contribution in [1.82, 2.24) is 15.2 Å². The predicted molar refractivity (Wildman–Crippen MR) is 53.6 cm³/mol. The van der Waals surface area contributed by atoms with E-state index in [1.54, 1.807) is 0 Å².